The van der Waals surface area contributed by atoms with Crippen molar-refractivity contribution in [2.24, 2.45) is 0 Å². The first-order valence-corrected chi connectivity index (χ1v) is 8.58. The van der Waals surface area contributed by atoms with Crippen LogP contribution < -0.4 is 5.32 Å². The van der Waals surface area contributed by atoms with Crippen molar-refractivity contribution in [1.29, 1.82) is 0 Å². The van der Waals surface area contributed by atoms with Gasteiger partial charge in [-0.1, -0.05) is 29.3 Å². The molecule has 1 amide bonds. The van der Waals surface area contributed by atoms with E-state index in [-0.39, 0.29) is 12.6 Å². The molecule has 2 rings (SSSR count). The molecule has 2 aromatic rings. The number of aromatic nitrogens is 1. The Kier molecular flexibility index (Phi) is 6.78. The maximum absolute atomic E-state index is 11.8. The fraction of sp³-hybridized carbons (Fsp3) is 0.188. The fourth-order valence-corrected chi connectivity index (χ4v) is 2.63. The highest BCUT2D eigenvalue weighted by Crippen LogP contribution is 2.25. The maximum atomic E-state index is 11.8. The summed E-state index contributed by atoms with van der Waals surface area (Å²) in [5.74, 6) is -1.02. The van der Waals surface area contributed by atoms with E-state index in [0.29, 0.717) is 15.1 Å². The molecule has 0 aliphatic carbocycles. The Morgan fingerprint density at radius 1 is 1.38 bits per heavy atom. The number of halogens is 2. The van der Waals surface area contributed by atoms with Crippen molar-refractivity contribution in [3.05, 3.63) is 56.5 Å². The van der Waals surface area contributed by atoms with Crippen LogP contribution in [0.3, 0.4) is 0 Å². The quantitative estimate of drug-likeness (QED) is 0.605. The fourth-order valence-electron chi connectivity index (χ4n) is 1.79. The van der Waals surface area contributed by atoms with Crippen molar-refractivity contribution < 1.29 is 14.3 Å². The zero-order valence-electron chi connectivity index (χ0n) is 12.7. The molecule has 1 heterocycles. The summed E-state index contributed by atoms with van der Waals surface area (Å²) in [5.41, 5.74) is 0.799. The van der Waals surface area contributed by atoms with E-state index < -0.39 is 11.9 Å². The Morgan fingerprint density at radius 2 is 2.17 bits per heavy atom. The number of amides is 1. The second kappa shape index (κ2) is 8.82. The SMILES string of the molecule is CC(NC(=O)COC(=O)C=Cc1nccs1)c1ccc(Cl)c(Cl)c1. The van der Waals surface area contributed by atoms with Crippen LogP contribution >= 0.6 is 34.5 Å². The molecule has 1 atom stereocenters. The third-order valence-electron chi connectivity index (χ3n) is 2.98. The molecule has 1 N–H and O–H groups in total. The molecule has 1 aromatic heterocycles. The molecule has 24 heavy (non-hydrogen) atoms. The van der Waals surface area contributed by atoms with E-state index in [2.05, 4.69) is 10.3 Å². The minimum atomic E-state index is -0.609. The molecule has 1 aromatic carbocycles. The third-order valence-corrected chi connectivity index (χ3v) is 4.46. The minimum absolute atomic E-state index is 0.295. The summed E-state index contributed by atoms with van der Waals surface area (Å²) < 4.78 is 4.87. The molecular formula is C16H14Cl2N2O3S. The van der Waals surface area contributed by atoms with Crippen LogP contribution in [0.1, 0.15) is 23.5 Å². The van der Waals surface area contributed by atoms with Gasteiger partial charge in [-0.25, -0.2) is 9.78 Å². The van der Waals surface area contributed by atoms with Gasteiger partial charge in [-0.05, 0) is 30.7 Å². The molecule has 1 unspecified atom stereocenters. The first-order valence-electron chi connectivity index (χ1n) is 6.94. The van der Waals surface area contributed by atoms with Crippen molar-refractivity contribution in [3.63, 3.8) is 0 Å². The average Bonchev–Trinajstić information content (AvgIpc) is 3.07. The molecule has 5 nitrogen and oxygen atoms in total. The number of nitrogens with one attached hydrogen (secondary N) is 1. The van der Waals surface area contributed by atoms with Gasteiger partial charge in [0.05, 0.1) is 16.1 Å². The second-order valence-corrected chi connectivity index (χ2v) is 6.51. The number of esters is 1. The van der Waals surface area contributed by atoms with Crippen molar-refractivity contribution in [2.75, 3.05) is 6.61 Å². The first-order chi connectivity index (χ1) is 11.5. The molecule has 0 fully saturated rings. The lowest BCUT2D eigenvalue weighted by Gasteiger charge is -2.14. The highest BCUT2D eigenvalue weighted by molar-refractivity contribution is 7.10. The number of hydrogen-bond donors (Lipinski definition) is 1. The van der Waals surface area contributed by atoms with Gasteiger partial charge in [0.2, 0.25) is 0 Å². The normalized spacial score (nSPS) is 12.1. The van der Waals surface area contributed by atoms with Crippen LogP contribution in [0.4, 0.5) is 0 Å². The first kappa shape index (κ1) is 18.4. The topological polar surface area (TPSA) is 68.3 Å². The Bertz CT molecular complexity index is 748. The number of benzene rings is 1. The summed E-state index contributed by atoms with van der Waals surface area (Å²) in [6.07, 6.45) is 4.39. The van der Waals surface area contributed by atoms with Gasteiger partial charge in [0.15, 0.2) is 6.61 Å². The lowest BCUT2D eigenvalue weighted by atomic mass is 10.1. The van der Waals surface area contributed by atoms with Crippen LogP contribution in [-0.2, 0) is 14.3 Å². The number of nitrogens with zero attached hydrogens (tertiary/aromatic N) is 1. The number of rotatable bonds is 6. The molecule has 0 aliphatic rings. The van der Waals surface area contributed by atoms with Crippen molar-refractivity contribution in [2.45, 2.75) is 13.0 Å². The van der Waals surface area contributed by atoms with E-state index in [1.165, 1.54) is 23.5 Å². The number of thiazole rings is 1. The van der Waals surface area contributed by atoms with Gasteiger partial charge in [0.25, 0.3) is 5.91 Å². The summed E-state index contributed by atoms with van der Waals surface area (Å²) in [6, 6.07) is 4.81. The van der Waals surface area contributed by atoms with E-state index in [4.69, 9.17) is 27.9 Å². The lowest BCUT2D eigenvalue weighted by Crippen LogP contribution is -2.30. The second-order valence-electron chi connectivity index (χ2n) is 4.77. The highest BCUT2D eigenvalue weighted by Gasteiger charge is 2.12. The third kappa shape index (κ3) is 5.63. The van der Waals surface area contributed by atoms with Gasteiger partial charge in [-0.15, -0.1) is 11.3 Å². The van der Waals surface area contributed by atoms with Gasteiger partial charge in [0.1, 0.15) is 5.01 Å². The molecule has 0 saturated carbocycles. The predicted molar refractivity (Wildman–Crippen MR) is 95.1 cm³/mol. The number of carbonyl (C=O) groups is 2. The van der Waals surface area contributed by atoms with E-state index in [1.54, 1.807) is 36.7 Å². The smallest absolute Gasteiger partial charge is 0.331 e. The van der Waals surface area contributed by atoms with Crippen LogP contribution in [0.2, 0.25) is 10.0 Å². The van der Waals surface area contributed by atoms with E-state index in [1.807, 2.05) is 0 Å². The summed E-state index contributed by atoms with van der Waals surface area (Å²) in [6.45, 7) is 1.42. The minimum Gasteiger partial charge on any atom is -0.452 e. The van der Waals surface area contributed by atoms with E-state index >= 15 is 0 Å². The predicted octanol–water partition coefficient (Wildman–Crippen LogP) is 3.88. The van der Waals surface area contributed by atoms with Crippen LogP contribution in [0, 0.1) is 0 Å². The largest absolute Gasteiger partial charge is 0.452 e. The van der Waals surface area contributed by atoms with Gasteiger partial charge in [-0.2, -0.15) is 0 Å². The highest BCUT2D eigenvalue weighted by atomic mass is 35.5. The Hall–Kier alpha value is -1.89. The summed E-state index contributed by atoms with van der Waals surface area (Å²) in [7, 11) is 0. The molecule has 126 valence electrons. The summed E-state index contributed by atoms with van der Waals surface area (Å²) in [4.78, 5) is 27.4. The van der Waals surface area contributed by atoms with E-state index in [9.17, 15) is 9.59 Å². The molecule has 0 bridgehead atoms. The van der Waals surface area contributed by atoms with Crippen LogP contribution in [0.5, 0.6) is 0 Å². The zero-order chi connectivity index (χ0) is 17.5. The summed E-state index contributed by atoms with van der Waals surface area (Å²) in [5, 5.41) is 6.05. The standard InChI is InChI=1S/C16H14Cl2N2O3S/c1-10(11-2-3-12(17)13(18)8-11)20-14(21)9-23-16(22)5-4-15-19-6-7-24-15/h2-8,10H,9H2,1H3,(H,20,21). The van der Waals surface area contributed by atoms with Gasteiger partial charge >= 0.3 is 5.97 Å². The van der Waals surface area contributed by atoms with Crippen LogP contribution in [0.15, 0.2) is 35.9 Å². The van der Waals surface area contributed by atoms with Crippen molar-refractivity contribution in [3.8, 4) is 0 Å². The van der Waals surface area contributed by atoms with E-state index in [0.717, 1.165) is 5.56 Å². The van der Waals surface area contributed by atoms with Crippen LogP contribution in [-0.4, -0.2) is 23.5 Å². The number of ether oxygens (including phenoxy) is 1. The molecule has 0 aliphatic heterocycles. The van der Waals surface area contributed by atoms with Gasteiger partial charge in [-0.3, -0.25) is 4.79 Å². The molecule has 0 radical (unpaired) electrons. The number of carbonyl (C=O) groups excluding carboxylic acids is 2. The summed E-state index contributed by atoms with van der Waals surface area (Å²) >= 11 is 13.2. The Morgan fingerprint density at radius 3 is 2.83 bits per heavy atom. The van der Waals surface area contributed by atoms with Gasteiger partial charge < -0.3 is 10.1 Å². The monoisotopic (exact) mass is 384 g/mol. The van der Waals surface area contributed by atoms with Crippen LogP contribution in [0.25, 0.3) is 6.08 Å². The Balaban J connectivity index is 1.80. The number of hydrogen-bond acceptors (Lipinski definition) is 5. The van der Waals surface area contributed by atoms with Crippen molar-refractivity contribution >= 4 is 52.5 Å². The molecule has 8 heteroatoms. The molecule has 0 saturated heterocycles. The lowest BCUT2D eigenvalue weighted by molar-refractivity contribution is -0.144. The molecular weight excluding hydrogens is 371 g/mol. The molecule has 0 spiro atoms. The van der Waals surface area contributed by atoms with Crippen molar-refractivity contribution in [1.82, 2.24) is 10.3 Å². The van der Waals surface area contributed by atoms with Gasteiger partial charge in [0, 0.05) is 17.7 Å². The maximum Gasteiger partial charge on any atom is 0.331 e. The average molecular weight is 385 g/mol. The zero-order valence-corrected chi connectivity index (χ0v) is 15.0. The Labute approximate surface area is 153 Å².